The molecule has 1 aromatic carbocycles. The molecular weight excluding hydrogens is 222 g/mol. The van der Waals surface area contributed by atoms with Crippen LogP contribution in [0.25, 0.3) is 0 Å². The van der Waals surface area contributed by atoms with Crippen molar-refractivity contribution in [3.63, 3.8) is 0 Å². The Labute approximate surface area is 110 Å². The number of hydrogen-bond donors (Lipinski definition) is 0. The van der Waals surface area contributed by atoms with E-state index in [9.17, 15) is 5.26 Å². The molecule has 1 aromatic rings. The highest BCUT2D eigenvalue weighted by molar-refractivity contribution is 5.37. The zero-order valence-electron chi connectivity index (χ0n) is 11.1. The molecule has 0 spiro atoms. The van der Waals surface area contributed by atoms with Gasteiger partial charge in [0.1, 0.15) is 5.75 Å². The molecule has 0 saturated heterocycles. The van der Waals surface area contributed by atoms with Crippen molar-refractivity contribution in [2.24, 2.45) is 0 Å². The average molecular weight is 243 g/mol. The first-order chi connectivity index (χ1) is 8.80. The summed E-state index contributed by atoms with van der Waals surface area (Å²) in [5.74, 6) is 0.892. The largest absolute Gasteiger partial charge is 0.494 e. The fourth-order valence-corrected chi connectivity index (χ4v) is 2.83. The fraction of sp³-hybridized carbons (Fsp3) is 0.562. The lowest BCUT2D eigenvalue weighted by Gasteiger charge is -2.25. The third-order valence-corrected chi connectivity index (χ3v) is 3.89. The first-order valence-corrected chi connectivity index (χ1v) is 6.95. The molecule has 1 aliphatic carbocycles. The van der Waals surface area contributed by atoms with Crippen LogP contribution in [-0.2, 0) is 5.41 Å². The third kappa shape index (κ3) is 2.67. The van der Waals surface area contributed by atoms with Gasteiger partial charge in [-0.05, 0) is 37.5 Å². The quantitative estimate of drug-likeness (QED) is 0.745. The van der Waals surface area contributed by atoms with Gasteiger partial charge in [0.25, 0.3) is 0 Å². The number of nitrogens with zero attached hydrogens (tertiary/aromatic N) is 1. The summed E-state index contributed by atoms with van der Waals surface area (Å²) in [7, 11) is 0. The highest BCUT2D eigenvalue weighted by atomic mass is 16.5. The van der Waals surface area contributed by atoms with E-state index >= 15 is 0 Å². The second-order valence-electron chi connectivity index (χ2n) is 5.07. The molecule has 0 radical (unpaired) electrons. The lowest BCUT2D eigenvalue weighted by Crippen LogP contribution is -2.23. The molecule has 0 aliphatic heterocycles. The first-order valence-electron chi connectivity index (χ1n) is 6.95. The summed E-state index contributed by atoms with van der Waals surface area (Å²) in [5, 5.41) is 9.61. The standard InChI is InChI=1S/C16H21NO/c1-2-18-15-9-7-14(8-10-15)16(13-17)11-5-3-4-6-12-16/h7-10H,2-6,11-12H2,1H3. The van der Waals surface area contributed by atoms with Crippen LogP contribution in [0.2, 0.25) is 0 Å². The highest BCUT2D eigenvalue weighted by Crippen LogP contribution is 2.38. The fourth-order valence-electron chi connectivity index (χ4n) is 2.83. The van der Waals surface area contributed by atoms with Crippen molar-refractivity contribution in [2.45, 2.75) is 50.9 Å². The predicted molar refractivity (Wildman–Crippen MR) is 72.6 cm³/mol. The van der Waals surface area contributed by atoms with Gasteiger partial charge in [0, 0.05) is 0 Å². The average Bonchev–Trinajstić information content (AvgIpc) is 2.66. The molecule has 1 fully saturated rings. The summed E-state index contributed by atoms with van der Waals surface area (Å²) in [4.78, 5) is 0. The summed E-state index contributed by atoms with van der Waals surface area (Å²) in [5.41, 5.74) is 0.900. The SMILES string of the molecule is CCOc1ccc(C2(C#N)CCCCCC2)cc1. The number of hydrogen-bond acceptors (Lipinski definition) is 2. The third-order valence-electron chi connectivity index (χ3n) is 3.89. The lowest BCUT2D eigenvalue weighted by molar-refractivity contribution is 0.340. The maximum Gasteiger partial charge on any atom is 0.119 e. The van der Waals surface area contributed by atoms with E-state index in [1.165, 1.54) is 25.7 Å². The van der Waals surface area contributed by atoms with Crippen LogP contribution in [0.4, 0.5) is 0 Å². The maximum absolute atomic E-state index is 9.61. The van der Waals surface area contributed by atoms with Crippen LogP contribution in [0.15, 0.2) is 24.3 Å². The van der Waals surface area contributed by atoms with Gasteiger partial charge in [-0.1, -0.05) is 37.8 Å². The van der Waals surface area contributed by atoms with Gasteiger partial charge >= 0.3 is 0 Å². The Hall–Kier alpha value is -1.49. The Morgan fingerprint density at radius 2 is 1.72 bits per heavy atom. The second kappa shape index (κ2) is 5.91. The van der Waals surface area contributed by atoms with E-state index in [0.717, 1.165) is 24.2 Å². The van der Waals surface area contributed by atoms with E-state index in [2.05, 4.69) is 18.2 Å². The van der Waals surface area contributed by atoms with Crippen molar-refractivity contribution >= 4 is 0 Å². The van der Waals surface area contributed by atoms with Crippen LogP contribution < -0.4 is 4.74 Å². The molecule has 0 N–H and O–H groups in total. The lowest BCUT2D eigenvalue weighted by atomic mass is 9.76. The normalized spacial score (nSPS) is 18.7. The van der Waals surface area contributed by atoms with Crippen molar-refractivity contribution in [3.8, 4) is 11.8 Å². The van der Waals surface area contributed by atoms with Gasteiger partial charge in [0.15, 0.2) is 0 Å². The zero-order valence-corrected chi connectivity index (χ0v) is 11.1. The van der Waals surface area contributed by atoms with E-state index < -0.39 is 0 Å². The van der Waals surface area contributed by atoms with Gasteiger partial charge in [-0.3, -0.25) is 0 Å². The van der Waals surface area contributed by atoms with E-state index in [1.54, 1.807) is 0 Å². The van der Waals surface area contributed by atoms with Crippen LogP contribution in [0.3, 0.4) is 0 Å². The Morgan fingerprint density at radius 1 is 1.11 bits per heavy atom. The molecule has 0 bridgehead atoms. The molecule has 2 heteroatoms. The Balaban J connectivity index is 2.23. The second-order valence-corrected chi connectivity index (χ2v) is 5.07. The zero-order chi connectivity index (χ0) is 12.8. The summed E-state index contributed by atoms with van der Waals surface area (Å²) in [6.45, 7) is 2.67. The van der Waals surface area contributed by atoms with E-state index in [1.807, 2.05) is 19.1 Å². The minimum atomic E-state index is -0.263. The molecule has 0 heterocycles. The van der Waals surface area contributed by atoms with Crippen molar-refractivity contribution in [1.29, 1.82) is 5.26 Å². The van der Waals surface area contributed by atoms with Crippen LogP contribution in [-0.4, -0.2) is 6.61 Å². The van der Waals surface area contributed by atoms with Crippen LogP contribution in [0, 0.1) is 11.3 Å². The minimum Gasteiger partial charge on any atom is -0.494 e. The molecule has 0 atom stereocenters. The van der Waals surface area contributed by atoms with Crippen LogP contribution >= 0.6 is 0 Å². The molecule has 0 aromatic heterocycles. The first kappa shape index (κ1) is 13.0. The van der Waals surface area contributed by atoms with Gasteiger partial charge < -0.3 is 4.74 Å². The monoisotopic (exact) mass is 243 g/mol. The van der Waals surface area contributed by atoms with E-state index in [4.69, 9.17) is 4.74 Å². The summed E-state index contributed by atoms with van der Waals surface area (Å²) in [6.07, 6.45) is 6.86. The van der Waals surface area contributed by atoms with Crippen LogP contribution in [0.1, 0.15) is 51.0 Å². The van der Waals surface area contributed by atoms with Crippen LogP contribution in [0.5, 0.6) is 5.75 Å². The molecule has 2 nitrogen and oxygen atoms in total. The number of nitriles is 1. The number of benzene rings is 1. The molecule has 2 rings (SSSR count). The molecule has 1 aliphatic rings. The van der Waals surface area contributed by atoms with E-state index in [0.29, 0.717) is 6.61 Å². The summed E-state index contributed by atoms with van der Waals surface area (Å²) < 4.78 is 5.46. The highest BCUT2D eigenvalue weighted by Gasteiger charge is 2.32. The maximum atomic E-state index is 9.61. The molecular formula is C16H21NO. The predicted octanol–water partition coefficient (Wildman–Crippen LogP) is 4.20. The molecule has 96 valence electrons. The van der Waals surface area contributed by atoms with Crippen molar-refractivity contribution < 1.29 is 4.74 Å². The summed E-state index contributed by atoms with van der Waals surface area (Å²) in [6, 6.07) is 10.7. The molecule has 18 heavy (non-hydrogen) atoms. The summed E-state index contributed by atoms with van der Waals surface area (Å²) >= 11 is 0. The number of rotatable bonds is 3. The van der Waals surface area contributed by atoms with Crippen molar-refractivity contribution in [3.05, 3.63) is 29.8 Å². The smallest absolute Gasteiger partial charge is 0.119 e. The van der Waals surface area contributed by atoms with Gasteiger partial charge in [-0.25, -0.2) is 0 Å². The Morgan fingerprint density at radius 3 is 2.22 bits per heavy atom. The Kier molecular flexibility index (Phi) is 4.25. The van der Waals surface area contributed by atoms with Crippen molar-refractivity contribution in [2.75, 3.05) is 6.61 Å². The molecule has 0 unspecified atom stereocenters. The van der Waals surface area contributed by atoms with Crippen molar-refractivity contribution in [1.82, 2.24) is 0 Å². The van der Waals surface area contributed by atoms with Gasteiger partial charge in [-0.2, -0.15) is 5.26 Å². The molecule has 1 saturated carbocycles. The minimum absolute atomic E-state index is 0.263. The van der Waals surface area contributed by atoms with E-state index in [-0.39, 0.29) is 5.41 Å². The Bertz CT molecular complexity index is 408. The van der Waals surface area contributed by atoms with Gasteiger partial charge in [-0.15, -0.1) is 0 Å². The number of ether oxygens (including phenoxy) is 1. The topological polar surface area (TPSA) is 33.0 Å². The van der Waals surface area contributed by atoms with Gasteiger partial charge in [0.05, 0.1) is 18.1 Å². The van der Waals surface area contributed by atoms with Gasteiger partial charge in [0.2, 0.25) is 0 Å². The molecule has 0 amide bonds.